The minimum absolute atomic E-state index is 0.232. The SMILES string of the molecule is CO/C(C)=C\C(=O)Nc1cc(Cl)ccc1C. The van der Waals surface area contributed by atoms with Crippen LogP contribution in [0.3, 0.4) is 0 Å². The highest BCUT2D eigenvalue weighted by Crippen LogP contribution is 2.20. The lowest BCUT2D eigenvalue weighted by molar-refractivity contribution is -0.112. The summed E-state index contributed by atoms with van der Waals surface area (Å²) in [4.78, 5) is 11.5. The monoisotopic (exact) mass is 239 g/mol. The lowest BCUT2D eigenvalue weighted by Gasteiger charge is -2.07. The third-order valence-corrected chi connectivity index (χ3v) is 2.35. The van der Waals surface area contributed by atoms with E-state index in [-0.39, 0.29) is 5.91 Å². The Morgan fingerprint density at radius 1 is 1.50 bits per heavy atom. The van der Waals surface area contributed by atoms with Crippen LogP contribution in [0.15, 0.2) is 30.0 Å². The molecule has 0 fully saturated rings. The molecule has 0 saturated heterocycles. The molecule has 1 amide bonds. The molecule has 1 aromatic carbocycles. The third kappa shape index (κ3) is 3.59. The topological polar surface area (TPSA) is 38.3 Å². The lowest BCUT2D eigenvalue weighted by atomic mass is 10.2. The van der Waals surface area contributed by atoms with Crippen molar-refractivity contribution in [1.29, 1.82) is 0 Å². The molecule has 0 saturated carbocycles. The average Bonchev–Trinajstić information content (AvgIpc) is 2.23. The van der Waals surface area contributed by atoms with Crippen LogP contribution in [0.1, 0.15) is 12.5 Å². The molecular weight excluding hydrogens is 226 g/mol. The van der Waals surface area contributed by atoms with Crippen molar-refractivity contribution < 1.29 is 9.53 Å². The highest BCUT2D eigenvalue weighted by atomic mass is 35.5. The molecule has 0 radical (unpaired) electrons. The third-order valence-electron chi connectivity index (χ3n) is 2.11. The van der Waals surface area contributed by atoms with Gasteiger partial charge in [-0.05, 0) is 31.5 Å². The second kappa shape index (κ2) is 5.56. The first-order chi connectivity index (χ1) is 7.52. The van der Waals surface area contributed by atoms with Gasteiger partial charge in [-0.25, -0.2) is 0 Å². The summed E-state index contributed by atoms with van der Waals surface area (Å²) in [5.74, 6) is 0.321. The van der Waals surface area contributed by atoms with Gasteiger partial charge in [0.25, 0.3) is 5.91 Å². The highest BCUT2D eigenvalue weighted by Gasteiger charge is 2.03. The number of benzene rings is 1. The standard InChI is InChI=1S/C12H14ClNO2/c1-8-4-5-10(13)7-11(8)14-12(15)6-9(2)16-3/h4-7H,1-3H3,(H,14,15)/b9-6-. The molecule has 0 aliphatic heterocycles. The molecule has 1 N–H and O–H groups in total. The lowest BCUT2D eigenvalue weighted by Crippen LogP contribution is -2.10. The van der Waals surface area contributed by atoms with Crippen molar-refractivity contribution in [3.8, 4) is 0 Å². The fourth-order valence-electron chi connectivity index (χ4n) is 1.14. The number of carbonyl (C=O) groups is 1. The Morgan fingerprint density at radius 2 is 2.19 bits per heavy atom. The molecule has 0 atom stereocenters. The van der Waals surface area contributed by atoms with E-state index in [4.69, 9.17) is 16.3 Å². The number of hydrogen-bond donors (Lipinski definition) is 1. The summed E-state index contributed by atoms with van der Waals surface area (Å²) in [5, 5.41) is 3.33. The van der Waals surface area contributed by atoms with Gasteiger partial charge in [-0.15, -0.1) is 0 Å². The van der Waals surface area contributed by atoms with Gasteiger partial charge in [-0.2, -0.15) is 0 Å². The van der Waals surface area contributed by atoms with Gasteiger partial charge in [0.15, 0.2) is 0 Å². The van der Waals surface area contributed by atoms with E-state index in [9.17, 15) is 4.79 Å². The van der Waals surface area contributed by atoms with E-state index in [0.717, 1.165) is 5.56 Å². The van der Waals surface area contributed by atoms with Gasteiger partial charge in [0, 0.05) is 16.8 Å². The molecule has 0 aliphatic rings. The van der Waals surface area contributed by atoms with E-state index < -0.39 is 0 Å². The van der Waals surface area contributed by atoms with Crippen LogP contribution in [0.4, 0.5) is 5.69 Å². The van der Waals surface area contributed by atoms with E-state index in [0.29, 0.717) is 16.5 Å². The number of carbonyl (C=O) groups excluding carboxylic acids is 1. The first-order valence-corrected chi connectivity index (χ1v) is 5.20. The zero-order valence-electron chi connectivity index (χ0n) is 9.50. The highest BCUT2D eigenvalue weighted by molar-refractivity contribution is 6.31. The molecule has 0 bridgehead atoms. The molecular formula is C12H14ClNO2. The average molecular weight is 240 g/mol. The maximum Gasteiger partial charge on any atom is 0.251 e. The minimum atomic E-state index is -0.232. The van der Waals surface area contributed by atoms with Crippen LogP contribution in [0.2, 0.25) is 5.02 Å². The molecule has 1 rings (SSSR count). The summed E-state index contributed by atoms with van der Waals surface area (Å²) in [5.41, 5.74) is 1.67. The minimum Gasteiger partial charge on any atom is -0.501 e. The number of anilines is 1. The Morgan fingerprint density at radius 3 is 2.81 bits per heavy atom. The van der Waals surface area contributed by atoms with E-state index in [1.54, 1.807) is 19.1 Å². The molecule has 0 aromatic heterocycles. The number of hydrogen-bond acceptors (Lipinski definition) is 2. The summed E-state index contributed by atoms with van der Waals surface area (Å²) < 4.78 is 4.89. The Hall–Kier alpha value is -1.48. The molecule has 3 nitrogen and oxygen atoms in total. The zero-order valence-corrected chi connectivity index (χ0v) is 10.3. The first kappa shape index (κ1) is 12.6. The molecule has 1 aromatic rings. The molecule has 0 unspecified atom stereocenters. The fraction of sp³-hybridized carbons (Fsp3) is 0.250. The van der Waals surface area contributed by atoms with Crippen LogP contribution in [0.25, 0.3) is 0 Å². The zero-order chi connectivity index (χ0) is 12.1. The number of aryl methyl sites for hydroxylation is 1. The summed E-state index contributed by atoms with van der Waals surface area (Å²) in [6, 6.07) is 5.35. The van der Waals surface area contributed by atoms with Gasteiger partial charge in [0.1, 0.15) is 0 Å². The number of amides is 1. The van der Waals surface area contributed by atoms with Crippen molar-refractivity contribution in [3.05, 3.63) is 40.6 Å². The number of ether oxygens (including phenoxy) is 1. The summed E-state index contributed by atoms with van der Waals surface area (Å²) in [6.07, 6.45) is 1.39. The normalized spacial score (nSPS) is 11.1. The predicted octanol–water partition coefficient (Wildman–Crippen LogP) is 3.14. The largest absolute Gasteiger partial charge is 0.501 e. The van der Waals surface area contributed by atoms with Crippen LogP contribution >= 0.6 is 11.6 Å². The van der Waals surface area contributed by atoms with Gasteiger partial charge < -0.3 is 10.1 Å². The summed E-state index contributed by atoms with van der Waals surface area (Å²) in [7, 11) is 1.52. The van der Waals surface area contributed by atoms with Crippen molar-refractivity contribution in [1.82, 2.24) is 0 Å². The quantitative estimate of drug-likeness (QED) is 0.650. The fourth-order valence-corrected chi connectivity index (χ4v) is 1.31. The van der Waals surface area contributed by atoms with Gasteiger partial charge in [-0.1, -0.05) is 17.7 Å². The van der Waals surface area contributed by atoms with E-state index in [2.05, 4.69) is 5.32 Å². The Balaban J connectivity index is 2.81. The number of nitrogens with one attached hydrogen (secondary N) is 1. The van der Waals surface area contributed by atoms with Crippen LogP contribution in [-0.2, 0) is 9.53 Å². The Labute approximate surface area is 100 Å². The summed E-state index contributed by atoms with van der Waals surface area (Å²) >= 11 is 5.84. The van der Waals surface area contributed by atoms with Crippen molar-refractivity contribution in [2.75, 3.05) is 12.4 Å². The van der Waals surface area contributed by atoms with E-state index >= 15 is 0 Å². The van der Waals surface area contributed by atoms with Gasteiger partial charge in [0.2, 0.25) is 0 Å². The second-order valence-corrected chi connectivity index (χ2v) is 3.84. The molecule has 0 aliphatic carbocycles. The van der Waals surface area contributed by atoms with Crippen LogP contribution < -0.4 is 5.32 Å². The van der Waals surface area contributed by atoms with Gasteiger partial charge >= 0.3 is 0 Å². The van der Waals surface area contributed by atoms with Crippen LogP contribution in [0, 0.1) is 6.92 Å². The smallest absolute Gasteiger partial charge is 0.251 e. The molecule has 0 heterocycles. The molecule has 86 valence electrons. The van der Waals surface area contributed by atoms with Gasteiger partial charge in [0.05, 0.1) is 12.9 Å². The van der Waals surface area contributed by atoms with E-state index in [1.165, 1.54) is 13.2 Å². The molecule has 16 heavy (non-hydrogen) atoms. The maximum atomic E-state index is 11.5. The maximum absolute atomic E-state index is 11.5. The number of allylic oxidation sites excluding steroid dienone is 1. The number of halogens is 1. The van der Waals surface area contributed by atoms with E-state index in [1.807, 2.05) is 13.0 Å². The first-order valence-electron chi connectivity index (χ1n) is 4.82. The van der Waals surface area contributed by atoms with Crippen LogP contribution in [-0.4, -0.2) is 13.0 Å². The second-order valence-electron chi connectivity index (χ2n) is 3.41. The van der Waals surface area contributed by atoms with Crippen molar-refractivity contribution in [2.24, 2.45) is 0 Å². The Kier molecular flexibility index (Phi) is 4.38. The number of methoxy groups -OCH3 is 1. The van der Waals surface area contributed by atoms with Crippen LogP contribution in [0.5, 0.6) is 0 Å². The molecule has 0 spiro atoms. The predicted molar refractivity (Wildman–Crippen MR) is 65.6 cm³/mol. The number of rotatable bonds is 3. The summed E-state index contributed by atoms with van der Waals surface area (Å²) in [6.45, 7) is 3.61. The van der Waals surface area contributed by atoms with Crippen molar-refractivity contribution >= 4 is 23.2 Å². The van der Waals surface area contributed by atoms with Crippen molar-refractivity contribution in [3.63, 3.8) is 0 Å². The van der Waals surface area contributed by atoms with Crippen molar-refractivity contribution in [2.45, 2.75) is 13.8 Å². The van der Waals surface area contributed by atoms with Gasteiger partial charge in [-0.3, -0.25) is 4.79 Å². The molecule has 4 heteroatoms. The Bertz CT molecular complexity index is 427.